The quantitative estimate of drug-likeness (QED) is 0.528. The standard InChI is InChI=1S/C21H20FN5O3/c1-13-9-17(14(2)30-13)20(28)23-7-8-27-19-18(10-25-27)21(29)26(12-24-19)11-15-3-5-16(22)6-4-15/h3-6,9-10,12H,7-8,11H2,1-2H3,(H,23,28). The van der Waals surface area contributed by atoms with Crippen molar-refractivity contribution in [3.63, 3.8) is 0 Å². The molecule has 9 heteroatoms. The van der Waals surface area contributed by atoms with Gasteiger partial charge in [-0.25, -0.2) is 14.1 Å². The van der Waals surface area contributed by atoms with Gasteiger partial charge in [0.2, 0.25) is 0 Å². The summed E-state index contributed by atoms with van der Waals surface area (Å²) in [5.41, 5.74) is 1.50. The number of benzene rings is 1. The second-order valence-electron chi connectivity index (χ2n) is 6.99. The Kier molecular flexibility index (Phi) is 5.18. The predicted octanol–water partition coefficient (Wildman–Crippen LogP) is 2.42. The van der Waals surface area contributed by atoms with E-state index in [1.807, 2.05) is 0 Å². The van der Waals surface area contributed by atoms with E-state index in [0.717, 1.165) is 5.56 Å². The highest BCUT2D eigenvalue weighted by Gasteiger charge is 2.14. The number of rotatable bonds is 6. The summed E-state index contributed by atoms with van der Waals surface area (Å²) in [5.74, 6) is 0.691. The molecule has 0 spiro atoms. The Morgan fingerprint density at radius 3 is 2.70 bits per heavy atom. The molecule has 1 aromatic carbocycles. The average molecular weight is 409 g/mol. The van der Waals surface area contributed by atoms with Crippen LogP contribution in [0.1, 0.15) is 27.4 Å². The van der Waals surface area contributed by atoms with Gasteiger partial charge < -0.3 is 9.73 Å². The minimum absolute atomic E-state index is 0.226. The van der Waals surface area contributed by atoms with Crippen molar-refractivity contribution < 1.29 is 13.6 Å². The third-order valence-electron chi connectivity index (χ3n) is 4.78. The minimum Gasteiger partial charge on any atom is -0.466 e. The van der Waals surface area contributed by atoms with Crippen LogP contribution in [0, 0.1) is 19.7 Å². The van der Waals surface area contributed by atoms with Crippen LogP contribution in [0.5, 0.6) is 0 Å². The van der Waals surface area contributed by atoms with Crippen molar-refractivity contribution >= 4 is 16.9 Å². The average Bonchev–Trinajstić information content (AvgIpc) is 3.28. The first-order chi connectivity index (χ1) is 14.4. The molecule has 8 nitrogen and oxygen atoms in total. The molecule has 0 aliphatic rings. The number of hydrogen-bond donors (Lipinski definition) is 1. The van der Waals surface area contributed by atoms with Gasteiger partial charge in [-0.15, -0.1) is 0 Å². The summed E-state index contributed by atoms with van der Waals surface area (Å²) in [4.78, 5) is 29.4. The Morgan fingerprint density at radius 2 is 2.00 bits per heavy atom. The van der Waals surface area contributed by atoms with Crippen molar-refractivity contribution in [2.45, 2.75) is 26.9 Å². The molecule has 4 aromatic rings. The normalized spacial score (nSPS) is 11.2. The molecule has 0 fully saturated rings. The van der Waals surface area contributed by atoms with E-state index in [0.29, 0.717) is 41.2 Å². The molecule has 0 bridgehead atoms. The molecule has 0 aliphatic carbocycles. The van der Waals surface area contributed by atoms with Gasteiger partial charge in [-0.3, -0.25) is 14.2 Å². The highest BCUT2D eigenvalue weighted by Crippen LogP contribution is 2.13. The molecule has 0 aliphatic heterocycles. The van der Waals surface area contributed by atoms with Crippen molar-refractivity contribution in [2.24, 2.45) is 0 Å². The van der Waals surface area contributed by atoms with Crippen LogP contribution in [0.2, 0.25) is 0 Å². The maximum atomic E-state index is 13.1. The lowest BCUT2D eigenvalue weighted by Gasteiger charge is -2.07. The highest BCUT2D eigenvalue weighted by atomic mass is 19.1. The van der Waals surface area contributed by atoms with Gasteiger partial charge in [0.25, 0.3) is 11.5 Å². The molecule has 0 atom stereocenters. The van der Waals surface area contributed by atoms with Crippen LogP contribution < -0.4 is 10.9 Å². The first-order valence-electron chi connectivity index (χ1n) is 9.43. The molecular weight excluding hydrogens is 389 g/mol. The lowest BCUT2D eigenvalue weighted by molar-refractivity contribution is 0.0950. The second kappa shape index (κ2) is 7.94. The zero-order chi connectivity index (χ0) is 21.3. The van der Waals surface area contributed by atoms with E-state index in [9.17, 15) is 14.0 Å². The lowest BCUT2D eigenvalue weighted by atomic mass is 10.2. The molecule has 0 radical (unpaired) electrons. The van der Waals surface area contributed by atoms with Crippen molar-refractivity contribution in [1.29, 1.82) is 0 Å². The van der Waals surface area contributed by atoms with Gasteiger partial charge in [-0.2, -0.15) is 5.10 Å². The molecule has 4 rings (SSSR count). The Bertz CT molecular complexity index is 1270. The number of furan rings is 1. The fourth-order valence-electron chi connectivity index (χ4n) is 3.29. The maximum Gasteiger partial charge on any atom is 0.264 e. The number of carbonyl (C=O) groups excluding carboxylic acids is 1. The summed E-state index contributed by atoms with van der Waals surface area (Å²) in [7, 11) is 0. The third-order valence-corrected chi connectivity index (χ3v) is 4.78. The van der Waals surface area contributed by atoms with Gasteiger partial charge in [0.15, 0.2) is 5.65 Å². The topological polar surface area (TPSA) is 95.0 Å². The first-order valence-corrected chi connectivity index (χ1v) is 9.43. The predicted molar refractivity (Wildman–Crippen MR) is 108 cm³/mol. The van der Waals surface area contributed by atoms with Crippen LogP contribution >= 0.6 is 0 Å². The molecule has 0 saturated heterocycles. The number of aromatic nitrogens is 4. The lowest BCUT2D eigenvalue weighted by Crippen LogP contribution is -2.28. The van der Waals surface area contributed by atoms with Crippen LogP contribution in [0.3, 0.4) is 0 Å². The molecule has 3 aromatic heterocycles. The highest BCUT2D eigenvalue weighted by molar-refractivity contribution is 5.95. The summed E-state index contributed by atoms with van der Waals surface area (Å²) >= 11 is 0. The number of fused-ring (bicyclic) bond motifs is 1. The Balaban J connectivity index is 1.46. The van der Waals surface area contributed by atoms with Crippen LogP contribution in [-0.2, 0) is 13.1 Å². The second-order valence-corrected chi connectivity index (χ2v) is 6.99. The van der Waals surface area contributed by atoms with Crippen LogP contribution in [0.25, 0.3) is 11.0 Å². The zero-order valence-corrected chi connectivity index (χ0v) is 16.6. The van der Waals surface area contributed by atoms with Gasteiger partial charge >= 0.3 is 0 Å². The molecular formula is C21H20FN5O3. The molecule has 154 valence electrons. The van der Waals surface area contributed by atoms with Gasteiger partial charge in [0.1, 0.15) is 29.1 Å². The Hall–Kier alpha value is -3.75. The number of hydrogen-bond acceptors (Lipinski definition) is 5. The van der Waals surface area contributed by atoms with Crippen LogP contribution in [0.4, 0.5) is 4.39 Å². The minimum atomic E-state index is -0.328. The van der Waals surface area contributed by atoms with Crippen molar-refractivity contribution in [3.05, 3.63) is 81.7 Å². The van der Waals surface area contributed by atoms with Crippen LogP contribution in [0.15, 0.2) is 52.1 Å². The van der Waals surface area contributed by atoms with E-state index < -0.39 is 0 Å². The SMILES string of the molecule is Cc1cc(C(=O)NCCn2ncc3c(=O)n(Cc4ccc(F)cc4)cnc32)c(C)o1. The number of amides is 1. The molecule has 0 unspecified atom stereocenters. The zero-order valence-electron chi connectivity index (χ0n) is 16.6. The van der Waals surface area contributed by atoms with E-state index in [2.05, 4.69) is 15.4 Å². The summed E-state index contributed by atoms with van der Waals surface area (Å²) < 4.78 is 21.5. The van der Waals surface area contributed by atoms with Gasteiger partial charge in [0.05, 0.1) is 24.8 Å². The summed E-state index contributed by atoms with van der Waals surface area (Å²) in [6, 6.07) is 7.65. The summed E-state index contributed by atoms with van der Waals surface area (Å²) in [5, 5.41) is 7.43. The van der Waals surface area contributed by atoms with E-state index in [4.69, 9.17) is 4.42 Å². The number of nitrogens with zero attached hydrogens (tertiary/aromatic N) is 4. The van der Waals surface area contributed by atoms with Gasteiger partial charge in [-0.05, 0) is 37.6 Å². The number of halogens is 1. The summed E-state index contributed by atoms with van der Waals surface area (Å²) in [6.45, 7) is 4.49. The number of nitrogens with one attached hydrogen (secondary N) is 1. The fraction of sp³-hybridized carbons (Fsp3) is 0.238. The van der Waals surface area contributed by atoms with E-state index in [-0.39, 0.29) is 23.8 Å². The Labute approximate surface area is 171 Å². The van der Waals surface area contributed by atoms with Crippen LogP contribution in [-0.4, -0.2) is 31.8 Å². The molecule has 30 heavy (non-hydrogen) atoms. The molecule has 1 amide bonds. The third kappa shape index (κ3) is 3.86. The monoisotopic (exact) mass is 409 g/mol. The van der Waals surface area contributed by atoms with Gasteiger partial charge in [0, 0.05) is 6.54 Å². The maximum absolute atomic E-state index is 13.1. The van der Waals surface area contributed by atoms with Crippen molar-refractivity contribution in [1.82, 2.24) is 24.6 Å². The largest absolute Gasteiger partial charge is 0.466 e. The van der Waals surface area contributed by atoms with Crippen molar-refractivity contribution in [2.75, 3.05) is 6.54 Å². The first kappa shape index (κ1) is 19.6. The van der Waals surface area contributed by atoms with Gasteiger partial charge in [-0.1, -0.05) is 12.1 Å². The molecule has 1 N–H and O–H groups in total. The van der Waals surface area contributed by atoms with E-state index >= 15 is 0 Å². The summed E-state index contributed by atoms with van der Waals surface area (Å²) in [6.07, 6.45) is 2.92. The fourth-order valence-corrected chi connectivity index (χ4v) is 3.29. The smallest absolute Gasteiger partial charge is 0.264 e. The van der Waals surface area contributed by atoms with E-state index in [1.165, 1.54) is 29.2 Å². The van der Waals surface area contributed by atoms with E-state index in [1.54, 1.807) is 36.7 Å². The molecule has 3 heterocycles. The Morgan fingerprint density at radius 1 is 1.23 bits per heavy atom. The molecule has 0 saturated carbocycles. The number of carbonyl (C=O) groups is 1. The van der Waals surface area contributed by atoms with Crippen molar-refractivity contribution in [3.8, 4) is 0 Å². The number of aryl methyl sites for hydroxylation is 2.